The van der Waals surface area contributed by atoms with Gasteiger partial charge < -0.3 is 10.0 Å². The monoisotopic (exact) mass is 249 g/mol. The molecule has 0 spiro atoms. The van der Waals surface area contributed by atoms with Gasteiger partial charge >= 0.3 is 0 Å². The highest BCUT2D eigenvalue weighted by molar-refractivity contribution is 5.14. The first-order valence-electron chi connectivity index (χ1n) is 6.98. The highest BCUT2D eigenvalue weighted by Crippen LogP contribution is 2.10. The molecule has 2 nitrogen and oxygen atoms in total. The summed E-state index contributed by atoms with van der Waals surface area (Å²) in [6, 6.07) is 10.5. The fourth-order valence-corrected chi connectivity index (χ4v) is 2.01. The van der Waals surface area contributed by atoms with E-state index < -0.39 is 0 Å². The molecular formula is C16H27NO. The van der Waals surface area contributed by atoms with Gasteiger partial charge in [0.1, 0.15) is 0 Å². The van der Waals surface area contributed by atoms with Crippen LogP contribution in [-0.4, -0.2) is 29.7 Å². The normalized spacial score (nSPS) is 13.2. The van der Waals surface area contributed by atoms with Crippen LogP contribution in [0.15, 0.2) is 30.3 Å². The van der Waals surface area contributed by atoms with Crippen molar-refractivity contribution in [2.45, 2.75) is 45.8 Å². The summed E-state index contributed by atoms with van der Waals surface area (Å²) >= 11 is 0. The second-order valence-corrected chi connectivity index (χ2v) is 5.64. The summed E-state index contributed by atoms with van der Waals surface area (Å²) in [6.07, 6.45) is 2.77. The Morgan fingerprint density at radius 2 is 1.72 bits per heavy atom. The third-order valence-corrected chi connectivity index (χ3v) is 3.22. The Balaban J connectivity index is 2.18. The fraction of sp³-hybridized carbons (Fsp3) is 0.625. The molecule has 0 amide bonds. The lowest BCUT2D eigenvalue weighted by Gasteiger charge is -2.19. The van der Waals surface area contributed by atoms with E-state index in [4.69, 9.17) is 0 Å². The summed E-state index contributed by atoms with van der Waals surface area (Å²) in [7, 11) is 2.11. The molecule has 1 atom stereocenters. The first-order chi connectivity index (χ1) is 8.58. The van der Waals surface area contributed by atoms with Gasteiger partial charge in [-0.05, 0) is 37.8 Å². The third-order valence-electron chi connectivity index (χ3n) is 3.22. The first-order valence-corrected chi connectivity index (χ1v) is 6.98. The molecule has 0 saturated heterocycles. The van der Waals surface area contributed by atoms with Crippen LogP contribution >= 0.6 is 0 Å². The molecule has 0 aliphatic heterocycles. The molecule has 1 rings (SSSR count). The van der Waals surface area contributed by atoms with Gasteiger partial charge in [-0.3, -0.25) is 0 Å². The minimum absolute atomic E-state index is 0.148. The number of benzene rings is 1. The van der Waals surface area contributed by atoms with Crippen molar-refractivity contribution >= 4 is 0 Å². The maximum atomic E-state index is 9.89. The average molecular weight is 249 g/mol. The highest BCUT2D eigenvalue weighted by Gasteiger charge is 2.07. The summed E-state index contributed by atoms with van der Waals surface area (Å²) in [5.41, 5.74) is 1.33. The molecule has 0 unspecified atom stereocenters. The van der Waals surface area contributed by atoms with Gasteiger partial charge in [0, 0.05) is 13.1 Å². The molecule has 1 N–H and O–H groups in total. The minimum Gasteiger partial charge on any atom is -0.393 e. The third kappa shape index (κ3) is 6.77. The second kappa shape index (κ2) is 8.28. The molecular weight excluding hydrogens is 222 g/mol. The molecule has 0 aliphatic rings. The van der Waals surface area contributed by atoms with Gasteiger partial charge in [0.2, 0.25) is 0 Å². The average Bonchev–Trinajstić information content (AvgIpc) is 2.35. The van der Waals surface area contributed by atoms with Crippen molar-refractivity contribution < 1.29 is 5.11 Å². The van der Waals surface area contributed by atoms with Crippen LogP contribution in [0.2, 0.25) is 0 Å². The van der Waals surface area contributed by atoms with E-state index in [0.29, 0.717) is 5.92 Å². The van der Waals surface area contributed by atoms with Crippen LogP contribution in [0.5, 0.6) is 0 Å². The summed E-state index contributed by atoms with van der Waals surface area (Å²) in [5.74, 6) is 0.682. The minimum atomic E-state index is -0.148. The second-order valence-electron chi connectivity index (χ2n) is 5.64. The Labute approximate surface area is 112 Å². The van der Waals surface area contributed by atoms with Crippen LogP contribution in [0.4, 0.5) is 0 Å². The predicted octanol–water partition coefficient (Wildman–Crippen LogP) is 3.31. The van der Waals surface area contributed by atoms with E-state index in [2.05, 4.69) is 50.1 Å². The van der Waals surface area contributed by atoms with Crippen LogP contribution in [-0.2, 0) is 6.54 Å². The van der Waals surface area contributed by atoms with Gasteiger partial charge in [-0.1, -0.05) is 44.2 Å². The summed E-state index contributed by atoms with van der Waals surface area (Å²) in [6.45, 7) is 6.31. The highest BCUT2D eigenvalue weighted by atomic mass is 16.3. The Kier molecular flexibility index (Phi) is 6.99. The van der Waals surface area contributed by atoms with Gasteiger partial charge in [0.05, 0.1) is 6.10 Å². The molecule has 1 aromatic carbocycles. The lowest BCUT2D eigenvalue weighted by molar-refractivity contribution is 0.131. The molecule has 0 aromatic heterocycles. The van der Waals surface area contributed by atoms with Crippen LogP contribution in [0.3, 0.4) is 0 Å². The van der Waals surface area contributed by atoms with Crippen molar-refractivity contribution in [1.29, 1.82) is 0 Å². The zero-order chi connectivity index (χ0) is 13.4. The van der Waals surface area contributed by atoms with Crippen molar-refractivity contribution in [3.05, 3.63) is 35.9 Å². The molecule has 0 aliphatic carbocycles. The van der Waals surface area contributed by atoms with E-state index >= 15 is 0 Å². The maximum Gasteiger partial charge on any atom is 0.0552 e. The summed E-state index contributed by atoms with van der Waals surface area (Å²) in [5, 5.41) is 9.89. The van der Waals surface area contributed by atoms with Gasteiger partial charge in [0.25, 0.3) is 0 Å². The Morgan fingerprint density at radius 1 is 1.06 bits per heavy atom. The van der Waals surface area contributed by atoms with Crippen molar-refractivity contribution in [1.82, 2.24) is 4.90 Å². The maximum absolute atomic E-state index is 9.89. The van der Waals surface area contributed by atoms with E-state index in [1.807, 2.05) is 6.07 Å². The molecule has 1 aromatic rings. The Bertz CT molecular complexity index is 310. The number of rotatable bonds is 8. The van der Waals surface area contributed by atoms with E-state index in [1.165, 1.54) is 5.56 Å². The van der Waals surface area contributed by atoms with E-state index in [1.54, 1.807) is 0 Å². The lowest BCUT2D eigenvalue weighted by Crippen LogP contribution is -2.23. The standard InChI is InChI=1S/C16H27NO/c1-14(2)9-10-16(18)11-12-17(3)13-15-7-5-4-6-8-15/h4-8,14,16,18H,9-13H2,1-3H3/t16-/m0/s1. The molecule has 0 saturated carbocycles. The van der Waals surface area contributed by atoms with Gasteiger partial charge in [-0.15, -0.1) is 0 Å². The van der Waals surface area contributed by atoms with Gasteiger partial charge in [0.15, 0.2) is 0 Å². The lowest BCUT2D eigenvalue weighted by atomic mass is 10.0. The van der Waals surface area contributed by atoms with E-state index in [-0.39, 0.29) is 6.10 Å². The Morgan fingerprint density at radius 3 is 2.33 bits per heavy atom. The SMILES string of the molecule is CC(C)CC[C@H](O)CCN(C)Cc1ccccc1. The molecule has 2 heteroatoms. The van der Waals surface area contributed by atoms with Gasteiger partial charge in [-0.2, -0.15) is 0 Å². The van der Waals surface area contributed by atoms with E-state index in [0.717, 1.165) is 32.4 Å². The van der Waals surface area contributed by atoms with Crippen molar-refractivity contribution in [3.63, 3.8) is 0 Å². The smallest absolute Gasteiger partial charge is 0.0552 e. The zero-order valence-corrected chi connectivity index (χ0v) is 12.0. The number of aliphatic hydroxyl groups is 1. The van der Waals surface area contributed by atoms with Crippen LogP contribution in [0.25, 0.3) is 0 Å². The van der Waals surface area contributed by atoms with Crippen molar-refractivity contribution in [3.8, 4) is 0 Å². The van der Waals surface area contributed by atoms with Crippen molar-refractivity contribution in [2.24, 2.45) is 5.92 Å². The number of nitrogens with zero attached hydrogens (tertiary/aromatic N) is 1. The van der Waals surface area contributed by atoms with Crippen LogP contribution < -0.4 is 0 Å². The van der Waals surface area contributed by atoms with Crippen molar-refractivity contribution in [2.75, 3.05) is 13.6 Å². The van der Waals surface area contributed by atoms with Crippen LogP contribution in [0, 0.1) is 5.92 Å². The predicted molar refractivity (Wildman–Crippen MR) is 77.5 cm³/mol. The number of hydrogen-bond acceptors (Lipinski definition) is 2. The molecule has 18 heavy (non-hydrogen) atoms. The Hall–Kier alpha value is -0.860. The van der Waals surface area contributed by atoms with Crippen LogP contribution in [0.1, 0.15) is 38.7 Å². The topological polar surface area (TPSA) is 23.5 Å². The summed E-state index contributed by atoms with van der Waals surface area (Å²) < 4.78 is 0. The van der Waals surface area contributed by atoms with E-state index in [9.17, 15) is 5.11 Å². The quantitative estimate of drug-likeness (QED) is 0.764. The molecule has 0 radical (unpaired) electrons. The summed E-state index contributed by atoms with van der Waals surface area (Å²) in [4.78, 5) is 2.27. The number of hydrogen-bond donors (Lipinski definition) is 1. The molecule has 0 fully saturated rings. The molecule has 0 heterocycles. The largest absolute Gasteiger partial charge is 0.393 e. The number of aliphatic hydroxyl groups excluding tert-OH is 1. The molecule has 102 valence electrons. The fourth-order valence-electron chi connectivity index (χ4n) is 2.01. The first kappa shape index (κ1) is 15.2. The van der Waals surface area contributed by atoms with Gasteiger partial charge in [-0.25, -0.2) is 0 Å². The zero-order valence-electron chi connectivity index (χ0n) is 12.0. The molecule has 0 bridgehead atoms.